The van der Waals surface area contributed by atoms with Crippen molar-refractivity contribution in [2.24, 2.45) is 0 Å². The summed E-state index contributed by atoms with van der Waals surface area (Å²) in [6, 6.07) is 15.2. The van der Waals surface area contributed by atoms with Gasteiger partial charge in [0.05, 0.1) is 24.3 Å². The molecule has 29 heavy (non-hydrogen) atoms. The van der Waals surface area contributed by atoms with Crippen molar-refractivity contribution < 1.29 is 38.1 Å². The zero-order valence-electron chi connectivity index (χ0n) is 16.0. The lowest BCUT2D eigenvalue weighted by Gasteiger charge is -2.28. The molecule has 0 saturated carbocycles. The van der Waals surface area contributed by atoms with E-state index >= 15 is 0 Å². The number of esters is 4. The highest BCUT2D eigenvalue weighted by Gasteiger charge is 2.58. The molecule has 0 aromatic heterocycles. The zero-order chi connectivity index (χ0) is 21.3. The van der Waals surface area contributed by atoms with Crippen LogP contribution >= 0.6 is 0 Å². The van der Waals surface area contributed by atoms with Crippen LogP contribution in [-0.2, 0) is 28.5 Å². The third-order valence-electron chi connectivity index (χ3n) is 3.58. The Morgan fingerprint density at radius 1 is 0.655 bits per heavy atom. The van der Waals surface area contributed by atoms with E-state index in [1.807, 2.05) is 0 Å². The zero-order valence-corrected chi connectivity index (χ0v) is 16.0. The van der Waals surface area contributed by atoms with Gasteiger partial charge >= 0.3 is 29.7 Å². The normalized spacial score (nSPS) is 10.6. The maximum Gasteiger partial charge on any atom is 0.457 e. The molecule has 0 fully saturated rings. The van der Waals surface area contributed by atoms with Crippen LogP contribution in [0.25, 0.3) is 0 Å². The topological polar surface area (TPSA) is 105 Å². The highest BCUT2D eigenvalue weighted by Crippen LogP contribution is 2.23. The molecular weight excluding hydrogens is 380 g/mol. The Balaban J connectivity index is 2.47. The van der Waals surface area contributed by atoms with Crippen LogP contribution in [-0.4, -0.2) is 42.9 Å². The molecule has 2 rings (SSSR count). The van der Waals surface area contributed by atoms with Gasteiger partial charge in [-0.1, -0.05) is 36.4 Å². The van der Waals surface area contributed by atoms with Gasteiger partial charge in [-0.3, -0.25) is 0 Å². The minimum absolute atomic E-state index is 0.0289. The summed E-state index contributed by atoms with van der Waals surface area (Å²) >= 11 is 0. The summed E-state index contributed by atoms with van der Waals surface area (Å²) in [6.45, 7) is 2.63. The van der Waals surface area contributed by atoms with Crippen molar-refractivity contribution in [3.8, 4) is 0 Å². The lowest BCUT2D eigenvalue weighted by Crippen LogP contribution is -2.55. The van der Waals surface area contributed by atoms with E-state index in [1.165, 1.54) is 38.1 Å². The van der Waals surface area contributed by atoms with E-state index in [0.717, 1.165) is 0 Å². The summed E-state index contributed by atoms with van der Waals surface area (Å²) in [7, 11) is 0. The molecule has 152 valence electrons. The third kappa shape index (κ3) is 5.19. The second-order valence-electron chi connectivity index (χ2n) is 5.57. The van der Waals surface area contributed by atoms with E-state index in [4.69, 9.17) is 18.9 Å². The van der Waals surface area contributed by atoms with Crippen molar-refractivity contribution in [1.29, 1.82) is 0 Å². The summed E-state index contributed by atoms with van der Waals surface area (Å²) in [5.74, 6) is -7.97. The molecule has 2 aromatic rings. The van der Waals surface area contributed by atoms with Gasteiger partial charge in [0.15, 0.2) is 0 Å². The third-order valence-corrected chi connectivity index (χ3v) is 3.58. The van der Waals surface area contributed by atoms with Crippen LogP contribution in [0.15, 0.2) is 60.7 Å². The van der Waals surface area contributed by atoms with Gasteiger partial charge in [0.25, 0.3) is 0 Å². The summed E-state index contributed by atoms with van der Waals surface area (Å²) in [5, 5.41) is 0. The van der Waals surface area contributed by atoms with Crippen molar-refractivity contribution in [3.63, 3.8) is 0 Å². The molecule has 2 aromatic carbocycles. The molecule has 0 aliphatic carbocycles. The Labute approximate surface area is 167 Å². The van der Waals surface area contributed by atoms with Crippen molar-refractivity contribution in [2.45, 2.75) is 19.6 Å². The number of hydrogen-bond acceptors (Lipinski definition) is 8. The highest BCUT2D eigenvalue weighted by atomic mass is 16.8. The molecule has 0 amide bonds. The van der Waals surface area contributed by atoms with Crippen LogP contribution in [0.5, 0.6) is 0 Å². The fourth-order valence-corrected chi connectivity index (χ4v) is 2.25. The molecule has 0 aliphatic heterocycles. The van der Waals surface area contributed by atoms with Gasteiger partial charge in [-0.2, -0.15) is 0 Å². The van der Waals surface area contributed by atoms with E-state index in [1.54, 1.807) is 36.4 Å². The van der Waals surface area contributed by atoms with Crippen LogP contribution < -0.4 is 0 Å². The molecule has 8 nitrogen and oxygen atoms in total. The van der Waals surface area contributed by atoms with Gasteiger partial charge in [0.2, 0.25) is 0 Å². The fourth-order valence-electron chi connectivity index (χ4n) is 2.25. The minimum atomic E-state index is -3.05. The Morgan fingerprint density at radius 3 is 1.31 bits per heavy atom. The van der Waals surface area contributed by atoms with Crippen LogP contribution in [0.2, 0.25) is 0 Å². The van der Waals surface area contributed by atoms with Crippen LogP contribution in [0.4, 0.5) is 0 Å². The number of benzene rings is 2. The maximum atomic E-state index is 12.6. The molecule has 8 heteroatoms. The van der Waals surface area contributed by atoms with Crippen molar-refractivity contribution >= 4 is 23.9 Å². The molecule has 0 aliphatic rings. The lowest BCUT2D eigenvalue weighted by atomic mass is 10.2. The van der Waals surface area contributed by atoms with Gasteiger partial charge in [0, 0.05) is 0 Å². The number of hydrogen-bond donors (Lipinski definition) is 0. The predicted molar refractivity (Wildman–Crippen MR) is 99.7 cm³/mol. The molecule has 0 saturated heterocycles. The van der Waals surface area contributed by atoms with E-state index < -0.39 is 29.7 Å². The van der Waals surface area contributed by atoms with Crippen LogP contribution in [0.3, 0.4) is 0 Å². The van der Waals surface area contributed by atoms with E-state index in [0.29, 0.717) is 0 Å². The molecular formula is C21H20O8. The average molecular weight is 400 g/mol. The van der Waals surface area contributed by atoms with Crippen molar-refractivity contribution in [2.75, 3.05) is 13.2 Å². The first-order valence-electron chi connectivity index (χ1n) is 8.85. The minimum Gasteiger partial charge on any atom is -0.460 e. The monoisotopic (exact) mass is 400 g/mol. The molecule has 0 unspecified atom stereocenters. The molecule has 0 heterocycles. The van der Waals surface area contributed by atoms with Gasteiger partial charge < -0.3 is 18.9 Å². The standard InChI is InChI=1S/C21H20O8/c1-3-26-19(24)21(20(25)27-4-2,28-17(22)15-11-7-5-8-12-15)29-18(23)16-13-9-6-10-14-16/h5-14H,3-4H2,1-2H3. The second kappa shape index (κ2) is 10.0. The van der Waals surface area contributed by atoms with Crippen LogP contribution in [0.1, 0.15) is 34.6 Å². The summed E-state index contributed by atoms with van der Waals surface area (Å²) < 4.78 is 19.9. The quantitative estimate of drug-likeness (QED) is 0.288. The van der Waals surface area contributed by atoms with E-state index in [9.17, 15) is 19.2 Å². The Kier molecular flexibility index (Phi) is 7.47. The summed E-state index contributed by atoms with van der Waals surface area (Å²) in [6.07, 6.45) is 0. The Morgan fingerprint density at radius 2 is 1.00 bits per heavy atom. The Bertz CT molecular complexity index is 787. The number of carbonyl (C=O) groups excluding carboxylic acids is 4. The van der Waals surface area contributed by atoms with Gasteiger partial charge in [-0.15, -0.1) is 0 Å². The van der Waals surface area contributed by atoms with Gasteiger partial charge in [0.1, 0.15) is 0 Å². The van der Waals surface area contributed by atoms with Crippen molar-refractivity contribution in [1.82, 2.24) is 0 Å². The number of rotatable bonds is 8. The summed E-state index contributed by atoms with van der Waals surface area (Å²) in [5.41, 5.74) is 0.0578. The predicted octanol–water partition coefficient (Wildman–Crippen LogP) is 2.52. The molecule has 0 bridgehead atoms. The highest BCUT2D eigenvalue weighted by molar-refractivity contribution is 6.07. The Hall–Kier alpha value is -3.68. The SMILES string of the molecule is CCOC(=O)C(OC(=O)c1ccccc1)(OC(=O)c1ccccc1)C(=O)OCC. The van der Waals surface area contributed by atoms with Crippen LogP contribution in [0, 0.1) is 0 Å². The first-order valence-corrected chi connectivity index (χ1v) is 8.85. The first-order chi connectivity index (χ1) is 13.9. The average Bonchev–Trinajstić information content (AvgIpc) is 2.74. The molecule has 0 N–H and O–H groups in total. The summed E-state index contributed by atoms with van der Waals surface area (Å²) in [4.78, 5) is 50.4. The second-order valence-corrected chi connectivity index (χ2v) is 5.57. The largest absolute Gasteiger partial charge is 0.460 e. The smallest absolute Gasteiger partial charge is 0.457 e. The molecule has 0 radical (unpaired) electrons. The van der Waals surface area contributed by atoms with E-state index in [-0.39, 0.29) is 24.3 Å². The lowest BCUT2D eigenvalue weighted by molar-refractivity contribution is -0.223. The molecule has 0 atom stereocenters. The molecule has 0 spiro atoms. The maximum absolute atomic E-state index is 12.6. The van der Waals surface area contributed by atoms with Crippen molar-refractivity contribution in [3.05, 3.63) is 71.8 Å². The van der Waals surface area contributed by atoms with E-state index in [2.05, 4.69) is 0 Å². The van der Waals surface area contributed by atoms with Gasteiger partial charge in [-0.05, 0) is 38.1 Å². The van der Waals surface area contributed by atoms with Gasteiger partial charge in [-0.25, -0.2) is 19.2 Å². The first kappa shape index (κ1) is 21.6. The fraction of sp³-hybridized carbons (Fsp3) is 0.238. The number of ether oxygens (including phenoxy) is 4. The number of carbonyl (C=O) groups is 4.